The van der Waals surface area contributed by atoms with Crippen molar-refractivity contribution in [1.29, 1.82) is 0 Å². The molecular formula is C12H24BrN5. The molecule has 0 saturated carbocycles. The number of nitrogens with one attached hydrogen (secondary N) is 1. The Kier molecular flexibility index (Phi) is 6.28. The van der Waals surface area contributed by atoms with E-state index in [0.29, 0.717) is 0 Å². The van der Waals surface area contributed by atoms with E-state index in [1.54, 1.807) is 0 Å². The molecule has 0 bridgehead atoms. The van der Waals surface area contributed by atoms with Gasteiger partial charge in [0.15, 0.2) is 0 Å². The average molecular weight is 318 g/mol. The lowest BCUT2D eigenvalue weighted by atomic mass is 10.1. The monoisotopic (exact) mass is 317 g/mol. The van der Waals surface area contributed by atoms with Crippen LogP contribution >= 0.6 is 15.9 Å². The first kappa shape index (κ1) is 15.6. The van der Waals surface area contributed by atoms with Crippen LogP contribution in [0.3, 0.4) is 0 Å². The van der Waals surface area contributed by atoms with Crippen LogP contribution in [-0.2, 0) is 19.9 Å². The van der Waals surface area contributed by atoms with Gasteiger partial charge in [0, 0.05) is 19.5 Å². The Morgan fingerprint density at radius 1 is 1.50 bits per heavy atom. The molecule has 0 amide bonds. The Hall–Kier alpha value is -0.430. The highest BCUT2D eigenvalue weighted by atomic mass is 79.9. The predicted molar refractivity (Wildman–Crippen MR) is 78.3 cm³/mol. The quantitative estimate of drug-likeness (QED) is 0.583. The zero-order valence-electron chi connectivity index (χ0n) is 11.7. The standard InChI is InChI=1S/C12H24BrN5/c1-5-10-12(13)11(18(4)16-10)8-9(15-14)6-7-17(2)3/h9,15H,5-8,14H2,1-4H3. The van der Waals surface area contributed by atoms with Gasteiger partial charge in [-0.2, -0.15) is 5.10 Å². The van der Waals surface area contributed by atoms with Crippen LogP contribution in [-0.4, -0.2) is 41.4 Å². The SMILES string of the molecule is CCc1nn(C)c(CC(CCN(C)C)NN)c1Br. The van der Waals surface area contributed by atoms with E-state index < -0.39 is 0 Å². The highest BCUT2D eigenvalue weighted by molar-refractivity contribution is 9.10. The molecular weight excluding hydrogens is 294 g/mol. The van der Waals surface area contributed by atoms with E-state index in [1.165, 1.54) is 5.69 Å². The zero-order chi connectivity index (χ0) is 13.7. The van der Waals surface area contributed by atoms with Crippen LogP contribution < -0.4 is 11.3 Å². The van der Waals surface area contributed by atoms with Crippen molar-refractivity contribution in [3.63, 3.8) is 0 Å². The number of hydrogen-bond acceptors (Lipinski definition) is 4. The molecule has 0 aromatic carbocycles. The van der Waals surface area contributed by atoms with Crippen LogP contribution in [0.15, 0.2) is 4.47 Å². The van der Waals surface area contributed by atoms with Crippen molar-refractivity contribution in [2.24, 2.45) is 12.9 Å². The Morgan fingerprint density at radius 2 is 2.17 bits per heavy atom. The molecule has 3 N–H and O–H groups in total. The Morgan fingerprint density at radius 3 is 2.61 bits per heavy atom. The van der Waals surface area contributed by atoms with Crippen molar-refractivity contribution in [3.8, 4) is 0 Å². The maximum Gasteiger partial charge on any atom is 0.0766 e. The van der Waals surface area contributed by atoms with Crippen molar-refractivity contribution in [1.82, 2.24) is 20.1 Å². The van der Waals surface area contributed by atoms with Crippen LogP contribution in [0.25, 0.3) is 0 Å². The summed E-state index contributed by atoms with van der Waals surface area (Å²) in [5.41, 5.74) is 5.21. The molecule has 0 spiro atoms. The van der Waals surface area contributed by atoms with Crippen LogP contribution in [0.5, 0.6) is 0 Å². The maximum atomic E-state index is 5.63. The number of hydrazine groups is 1. The number of nitrogens with zero attached hydrogens (tertiary/aromatic N) is 3. The molecule has 0 fully saturated rings. The minimum atomic E-state index is 0.267. The first-order chi connectivity index (χ1) is 8.49. The Balaban J connectivity index is 2.72. The largest absolute Gasteiger partial charge is 0.309 e. The van der Waals surface area contributed by atoms with E-state index in [4.69, 9.17) is 5.84 Å². The van der Waals surface area contributed by atoms with Crippen LogP contribution in [0, 0.1) is 0 Å². The molecule has 18 heavy (non-hydrogen) atoms. The third-order valence-corrected chi connectivity index (χ3v) is 4.02. The van der Waals surface area contributed by atoms with Gasteiger partial charge < -0.3 is 4.90 Å². The van der Waals surface area contributed by atoms with Crippen LogP contribution in [0.2, 0.25) is 0 Å². The van der Waals surface area contributed by atoms with Gasteiger partial charge in [-0.05, 0) is 49.4 Å². The number of aromatic nitrogens is 2. The molecule has 5 nitrogen and oxygen atoms in total. The summed E-state index contributed by atoms with van der Waals surface area (Å²) in [7, 11) is 6.13. The van der Waals surface area contributed by atoms with Crippen molar-refractivity contribution in [2.45, 2.75) is 32.2 Å². The topological polar surface area (TPSA) is 59.1 Å². The molecule has 1 aromatic heterocycles. The molecule has 1 rings (SSSR count). The molecule has 1 aromatic rings. The highest BCUT2D eigenvalue weighted by Crippen LogP contribution is 2.23. The number of aryl methyl sites for hydroxylation is 2. The van der Waals surface area contributed by atoms with Gasteiger partial charge in [-0.3, -0.25) is 16.0 Å². The van der Waals surface area contributed by atoms with Crippen LogP contribution in [0.4, 0.5) is 0 Å². The molecule has 6 heteroatoms. The van der Waals surface area contributed by atoms with E-state index >= 15 is 0 Å². The summed E-state index contributed by atoms with van der Waals surface area (Å²) in [6, 6.07) is 0.267. The summed E-state index contributed by atoms with van der Waals surface area (Å²) in [5.74, 6) is 5.63. The molecule has 0 aliphatic carbocycles. The van der Waals surface area contributed by atoms with Gasteiger partial charge in [-0.1, -0.05) is 6.92 Å². The van der Waals surface area contributed by atoms with E-state index in [0.717, 1.165) is 36.0 Å². The maximum absolute atomic E-state index is 5.63. The number of hydrogen-bond donors (Lipinski definition) is 2. The van der Waals surface area contributed by atoms with E-state index in [2.05, 4.69) is 52.4 Å². The molecule has 1 unspecified atom stereocenters. The van der Waals surface area contributed by atoms with Gasteiger partial charge >= 0.3 is 0 Å². The summed E-state index contributed by atoms with van der Waals surface area (Å²) in [6.07, 6.45) is 2.84. The summed E-state index contributed by atoms with van der Waals surface area (Å²) >= 11 is 3.64. The molecule has 0 saturated heterocycles. The normalized spacial score (nSPS) is 13.3. The van der Waals surface area contributed by atoms with Crippen LogP contribution in [0.1, 0.15) is 24.7 Å². The molecule has 0 aliphatic heterocycles. The fourth-order valence-corrected chi connectivity index (χ4v) is 2.71. The smallest absolute Gasteiger partial charge is 0.0766 e. The van der Waals surface area contributed by atoms with Gasteiger partial charge in [0.1, 0.15) is 0 Å². The average Bonchev–Trinajstić information content (AvgIpc) is 2.60. The lowest BCUT2D eigenvalue weighted by molar-refractivity contribution is 0.355. The summed E-state index contributed by atoms with van der Waals surface area (Å²) in [6.45, 7) is 3.13. The van der Waals surface area contributed by atoms with Gasteiger partial charge in [0.25, 0.3) is 0 Å². The molecule has 0 radical (unpaired) electrons. The minimum Gasteiger partial charge on any atom is -0.309 e. The van der Waals surface area contributed by atoms with E-state index in [1.807, 2.05) is 11.7 Å². The van der Waals surface area contributed by atoms with E-state index in [-0.39, 0.29) is 6.04 Å². The third-order valence-electron chi connectivity index (χ3n) is 3.10. The first-order valence-corrected chi connectivity index (χ1v) is 7.10. The van der Waals surface area contributed by atoms with Crippen molar-refractivity contribution < 1.29 is 0 Å². The highest BCUT2D eigenvalue weighted by Gasteiger charge is 2.17. The minimum absolute atomic E-state index is 0.267. The van der Waals surface area contributed by atoms with E-state index in [9.17, 15) is 0 Å². The predicted octanol–water partition coefficient (Wildman–Crippen LogP) is 1.07. The zero-order valence-corrected chi connectivity index (χ0v) is 13.3. The summed E-state index contributed by atoms with van der Waals surface area (Å²) < 4.78 is 3.07. The Labute approximate surface area is 118 Å². The first-order valence-electron chi connectivity index (χ1n) is 6.30. The molecule has 104 valence electrons. The van der Waals surface area contributed by atoms with Gasteiger partial charge in [0.05, 0.1) is 15.9 Å². The second kappa shape index (κ2) is 7.23. The summed E-state index contributed by atoms with van der Waals surface area (Å²) in [5, 5.41) is 4.50. The molecule has 1 atom stereocenters. The number of halogens is 1. The second-order valence-electron chi connectivity index (χ2n) is 4.84. The molecule has 1 heterocycles. The van der Waals surface area contributed by atoms with Gasteiger partial charge in [-0.15, -0.1) is 0 Å². The fraction of sp³-hybridized carbons (Fsp3) is 0.750. The summed E-state index contributed by atoms with van der Waals surface area (Å²) in [4.78, 5) is 2.17. The fourth-order valence-electron chi connectivity index (χ4n) is 1.93. The second-order valence-corrected chi connectivity index (χ2v) is 5.64. The Bertz CT molecular complexity index is 375. The van der Waals surface area contributed by atoms with Crippen molar-refractivity contribution >= 4 is 15.9 Å². The van der Waals surface area contributed by atoms with Crippen molar-refractivity contribution in [3.05, 3.63) is 15.9 Å². The molecule has 0 aliphatic rings. The van der Waals surface area contributed by atoms with Gasteiger partial charge in [-0.25, -0.2) is 0 Å². The van der Waals surface area contributed by atoms with Gasteiger partial charge in [0.2, 0.25) is 0 Å². The number of nitrogens with two attached hydrogens (primary N) is 1. The lowest BCUT2D eigenvalue weighted by Crippen LogP contribution is -2.39. The number of rotatable bonds is 7. The lowest BCUT2D eigenvalue weighted by Gasteiger charge is -2.18. The van der Waals surface area contributed by atoms with Crippen molar-refractivity contribution in [2.75, 3.05) is 20.6 Å². The third kappa shape index (κ3) is 4.05.